The van der Waals surface area contributed by atoms with Crippen molar-refractivity contribution >= 4 is 11.9 Å². The molecule has 0 fully saturated rings. The summed E-state index contributed by atoms with van der Waals surface area (Å²) >= 11 is 0. The van der Waals surface area contributed by atoms with Crippen molar-refractivity contribution in [2.75, 3.05) is 6.61 Å². The molecular weight excluding hydrogens is 248 g/mol. The monoisotopic (exact) mass is 272 g/mol. The van der Waals surface area contributed by atoms with Gasteiger partial charge in [-0.2, -0.15) is 0 Å². The Kier molecular flexibility index (Phi) is 8.07. The van der Waals surface area contributed by atoms with Gasteiger partial charge in [-0.05, 0) is 33.6 Å². The molecule has 110 valence electrons. The largest absolute Gasteiger partial charge is 0.464 e. The summed E-state index contributed by atoms with van der Waals surface area (Å²) in [6.07, 6.45) is 2.94. The number of ether oxygens (including phenoxy) is 2. The summed E-state index contributed by atoms with van der Waals surface area (Å²) in [5.74, 6) is -0.919. The summed E-state index contributed by atoms with van der Waals surface area (Å²) in [5.41, 5.74) is -1.53. The maximum absolute atomic E-state index is 11.5. The number of carbonyl (C=O) groups is 2. The highest BCUT2D eigenvalue weighted by molar-refractivity contribution is 5.78. The van der Waals surface area contributed by atoms with Crippen molar-refractivity contribution in [3.8, 4) is 0 Å². The van der Waals surface area contributed by atoms with Crippen LogP contribution in [0.1, 0.15) is 46.5 Å². The molecule has 0 aliphatic rings. The van der Waals surface area contributed by atoms with Crippen molar-refractivity contribution in [2.45, 2.75) is 58.2 Å². The van der Waals surface area contributed by atoms with Crippen LogP contribution in [0.4, 0.5) is 0 Å². The van der Waals surface area contributed by atoms with Crippen molar-refractivity contribution < 1.29 is 24.2 Å². The van der Waals surface area contributed by atoms with E-state index in [0.29, 0.717) is 19.3 Å². The lowest BCUT2D eigenvalue weighted by Crippen LogP contribution is -2.36. The molecule has 5 heteroatoms. The van der Waals surface area contributed by atoms with Crippen LogP contribution in [0.3, 0.4) is 0 Å². The van der Waals surface area contributed by atoms with Gasteiger partial charge >= 0.3 is 11.9 Å². The van der Waals surface area contributed by atoms with Gasteiger partial charge < -0.3 is 14.6 Å². The zero-order chi connectivity index (χ0) is 14.9. The second kappa shape index (κ2) is 8.69. The van der Waals surface area contributed by atoms with E-state index < -0.39 is 11.6 Å². The van der Waals surface area contributed by atoms with Gasteiger partial charge in [-0.25, -0.2) is 4.79 Å². The van der Waals surface area contributed by atoms with E-state index in [4.69, 9.17) is 9.47 Å². The Labute approximate surface area is 114 Å². The third-order valence-corrected chi connectivity index (χ3v) is 2.36. The molecule has 0 saturated heterocycles. The smallest absolute Gasteiger partial charge is 0.338 e. The summed E-state index contributed by atoms with van der Waals surface area (Å²) in [5, 5.41) is 9.71. The molecule has 0 radical (unpaired) electrons. The van der Waals surface area contributed by atoms with Gasteiger partial charge in [0.05, 0.1) is 12.7 Å². The Morgan fingerprint density at radius 1 is 1.37 bits per heavy atom. The van der Waals surface area contributed by atoms with E-state index >= 15 is 0 Å². The second-order valence-corrected chi connectivity index (χ2v) is 4.90. The minimum atomic E-state index is -1.53. The molecule has 1 N–H and O–H groups in total. The van der Waals surface area contributed by atoms with E-state index in [1.165, 1.54) is 13.0 Å². The first-order valence-corrected chi connectivity index (χ1v) is 6.49. The number of unbranched alkanes of at least 4 members (excludes halogenated alkanes) is 1. The first-order valence-electron chi connectivity index (χ1n) is 6.49. The lowest BCUT2D eigenvalue weighted by atomic mass is 10.0. The van der Waals surface area contributed by atoms with Crippen LogP contribution in [0.5, 0.6) is 0 Å². The SMILES string of the molecule is C=CCC(C)(O)C(=O)OCCCCC(=O)OC(C)C. The van der Waals surface area contributed by atoms with E-state index in [-0.39, 0.29) is 25.1 Å². The van der Waals surface area contributed by atoms with Crippen LogP contribution in [0.25, 0.3) is 0 Å². The fraction of sp³-hybridized carbons (Fsp3) is 0.714. The van der Waals surface area contributed by atoms with Gasteiger partial charge in [0.25, 0.3) is 0 Å². The number of hydrogen-bond donors (Lipinski definition) is 1. The predicted octanol–water partition coefficient (Wildman–Crippen LogP) is 1.98. The summed E-state index contributed by atoms with van der Waals surface area (Å²) in [6.45, 7) is 8.62. The number of hydrogen-bond acceptors (Lipinski definition) is 5. The zero-order valence-electron chi connectivity index (χ0n) is 12.0. The minimum Gasteiger partial charge on any atom is -0.464 e. The number of carbonyl (C=O) groups excluding carboxylic acids is 2. The lowest BCUT2D eigenvalue weighted by molar-refractivity contribution is -0.163. The fourth-order valence-corrected chi connectivity index (χ4v) is 1.38. The van der Waals surface area contributed by atoms with Crippen LogP contribution in [-0.4, -0.2) is 35.4 Å². The van der Waals surface area contributed by atoms with Crippen LogP contribution in [0.2, 0.25) is 0 Å². The molecule has 5 nitrogen and oxygen atoms in total. The van der Waals surface area contributed by atoms with Crippen molar-refractivity contribution in [3.63, 3.8) is 0 Å². The van der Waals surface area contributed by atoms with E-state index in [9.17, 15) is 14.7 Å². The highest BCUT2D eigenvalue weighted by Gasteiger charge is 2.30. The maximum Gasteiger partial charge on any atom is 0.338 e. The second-order valence-electron chi connectivity index (χ2n) is 4.90. The molecule has 0 bridgehead atoms. The Hall–Kier alpha value is -1.36. The van der Waals surface area contributed by atoms with Gasteiger partial charge in [0.15, 0.2) is 5.60 Å². The molecule has 0 aliphatic carbocycles. The molecule has 0 heterocycles. The predicted molar refractivity (Wildman–Crippen MR) is 71.5 cm³/mol. The van der Waals surface area contributed by atoms with Crippen LogP contribution in [0.15, 0.2) is 12.7 Å². The van der Waals surface area contributed by atoms with E-state index in [2.05, 4.69) is 6.58 Å². The first-order chi connectivity index (χ1) is 8.79. The number of esters is 2. The summed E-state index contributed by atoms with van der Waals surface area (Å²) < 4.78 is 9.90. The van der Waals surface area contributed by atoms with Gasteiger partial charge in [-0.3, -0.25) is 4.79 Å². The summed E-state index contributed by atoms with van der Waals surface area (Å²) in [4.78, 5) is 22.7. The normalized spacial score (nSPS) is 13.7. The van der Waals surface area contributed by atoms with Gasteiger partial charge in [0, 0.05) is 12.8 Å². The Morgan fingerprint density at radius 3 is 2.53 bits per heavy atom. The van der Waals surface area contributed by atoms with Gasteiger partial charge in [-0.1, -0.05) is 6.08 Å². The molecule has 1 atom stereocenters. The van der Waals surface area contributed by atoms with Crippen molar-refractivity contribution in [1.82, 2.24) is 0 Å². The topological polar surface area (TPSA) is 72.8 Å². The van der Waals surface area contributed by atoms with Crippen LogP contribution >= 0.6 is 0 Å². The number of rotatable bonds is 9. The molecule has 0 aromatic heterocycles. The van der Waals surface area contributed by atoms with Gasteiger partial charge in [-0.15, -0.1) is 6.58 Å². The van der Waals surface area contributed by atoms with Crippen LogP contribution in [0, 0.1) is 0 Å². The zero-order valence-corrected chi connectivity index (χ0v) is 12.0. The molecular formula is C14H24O5. The molecule has 0 aromatic rings. The molecule has 0 spiro atoms. The highest BCUT2D eigenvalue weighted by Crippen LogP contribution is 2.12. The van der Waals surface area contributed by atoms with E-state index in [0.717, 1.165) is 0 Å². The van der Waals surface area contributed by atoms with Crippen LogP contribution < -0.4 is 0 Å². The number of aliphatic hydroxyl groups is 1. The van der Waals surface area contributed by atoms with Crippen molar-refractivity contribution in [2.24, 2.45) is 0 Å². The molecule has 0 aromatic carbocycles. The fourth-order valence-electron chi connectivity index (χ4n) is 1.38. The quantitative estimate of drug-likeness (QED) is 0.395. The van der Waals surface area contributed by atoms with Crippen molar-refractivity contribution in [3.05, 3.63) is 12.7 Å². The molecule has 0 aliphatic heterocycles. The molecule has 0 saturated carbocycles. The maximum atomic E-state index is 11.5. The van der Waals surface area contributed by atoms with Crippen molar-refractivity contribution in [1.29, 1.82) is 0 Å². The third-order valence-electron chi connectivity index (χ3n) is 2.36. The average Bonchev–Trinajstić information content (AvgIpc) is 2.27. The minimum absolute atomic E-state index is 0.112. The average molecular weight is 272 g/mol. The van der Waals surface area contributed by atoms with E-state index in [1.807, 2.05) is 0 Å². The Bertz CT molecular complexity index is 307. The first kappa shape index (κ1) is 17.6. The van der Waals surface area contributed by atoms with Crippen LogP contribution in [-0.2, 0) is 19.1 Å². The molecule has 19 heavy (non-hydrogen) atoms. The third kappa shape index (κ3) is 8.37. The van der Waals surface area contributed by atoms with Gasteiger partial charge in [0.1, 0.15) is 0 Å². The standard InChI is InChI=1S/C14H24O5/c1-5-9-14(4,17)13(16)18-10-7-6-8-12(15)19-11(2)3/h5,11,17H,1,6-10H2,2-4H3. The Balaban J connectivity index is 3.72. The van der Waals surface area contributed by atoms with Gasteiger partial charge in [0.2, 0.25) is 0 Å². The molecule has 0 rings (SSSR count). The van der Waals surface area contributed by atoms with E-state index in [1.54, 1.807) is 13.8 Å². The summed E-state index contributed by atoms with van der Waals surface area (Å²) in [6, 6.07) is 0. The Morgan fingerprint density at radius 2 is 2.00 bits per heavy atom. The highest BCUT2D eigenvalue weighted by atomic mass is 16.6. The lowest BCUT2D eigenvalue weighted by Gasteiger charge is -2.19. The molecule has 1 unspecified atom stereocenters. The molecule has 0 amide bonds. The summed E-state index contributed by atoms with van der Waals surface area (Å²) in [7, 11) is 0.